The summed E-state index contributed by atoms with van der Waals surface area (Å²) in [6, 6.07) is 6.39. The fourth-order valence-electron chi connectivity index (χ4n) is 2.90. The number of rotatable bonds is 7. The first-order valence-electron chi connectivity index (χ1n) is 9.23. The number of hydrogen-bond acceptors (Lipinski definition) is 2. The predicted octanol–water partition coefficient (Wildman–Crippen LogP) is 3.58. The number of aromatic amines is 1. The van der Waals surface area contributed by atoms with Crippen LogP contribution in [-0.2, 0) is 6.42 Å². The maximum absolute atomic E-state index is 4.64. The molecule has 1 aromatic heterocycles. The number of H-pyrrole nitrogens is 1. The number of aromatic nitrogens is 1. The number of nitrogens with zero attached hydrogens (tertiary/aromatic N) is 1. The second-order valence-corrected chi connectivity index (χ2v) is 7.43. The van der Waals surface area contributed by atoms with Gasteiger partial charge in [0.2, 0.25) is 0 Å². The standard InChI is InChI=1S/C20H33N5.HI/c1-6-21-19(23-12-13-25-20(3,4)5)22-11-10-16-14-24-17-9-7-8-15(2)18(16)17;/h7-9,14,24-25H,6,10-13H2,1-5H3,(H2,21,22,23);1H. The van der Waals surface area contributed by atoms with E-state index in [2.05, 4.69) is 84.9 Å². The van der Waals surface area contributed by atoms with Crippen LogP contribution in [0.5, 0.6) is 0 Å². The predicted molar refractivity (Wildman–Crippen MR) is 124 cm³/mol. The van der Waals surface area contributed by atoms with E-state index in [1.54, 1.807) is 0 Å². The molecule has 0 amide bonds. The summed E-state index contributed by atoms with van der Waals surface area (Å²) in [6.07, 6.45) is 3.09. The fraction of sp³-hybridized carbons (Fsp3) is 0.550. The van der Waals surface area contributed by atoms with Gasteiger partial charge in [0.05, 0.1) is 6.54 Å². The first-order chi connectivity index (χ1) is 11.9. The highest BCUT2D eigenvalue weighted by molar-refractivity contribution is 14.0. The van der Waals surface area contributed by atoms with Crippen molar-refractivity contribution in [2.24, 2.45) is 4.99 Å². The zero-order chi connectivity index (χ0) is 18.3. The van der Waals surface area contributed by atoms with E-state index in [0.29, 0.717) is 0 Å². The van der Waals surface area contributed by atoms with Crippen LogP contribution in [0.2, 0.25) is 0 Å². The highest BCUT2D eigenvalue weighted by Gasteiger charge is 2.08. The molecule has 4 N–H and O–H groups in total. The summed E-state index contributed by atoms with van der Waals surface area (Å²) in [6.45, 7) is 14.1. The minimum Gasteiger partial charge on any atom is -0.361 e. The minimum atomic E-state index is 0. The molecule has 146 valence electrons. The highest BCUT2D eigenvalue weighted by Crippen LogP contribution is 2.22. The van der Waals surface area contributed by atoms with Crippen LogP contribution in [0.4, 0.5) is 0 Å². The molecule has 0 aliphatic rings. The molecule has 5 nitrogen and oxygen atoms in total. The maximum atomic E-state index is 4.64. The number of guanidine groups is 1. The van der Waals surface area contributed by atoms with Crippen LogP contribution in [0, 0.1) is 6.92 Å². The van der Waals surface area contributed by atoms with Gasteiger partial charge in [0.15, 0.2) is 5.96 Å². The molecule has 26 heavy (non-hydrogen) atoms. The number of nitrogens with one attached hydrogen (secondary N) is 4. The van der Waals surface area contributed by atoms with Gasteiger partial charge in [0.1, 0.15) is 0 Å². The van der Waals surface area contributed by atoms with Gasteiger partial charge in [-0.15, -0.1) is 24.0 Å². The summed E-state index contributed by atoms with van der Waals surface area (Å²) < 4.78 is 0. The van der Waals surface area contributed by atoms with Crippen molar-refractivity contribution < 1.29 is 0 Å². The number of aliphatic imine (C=N–C) groups is 1. The van der Waals surface area contributed by atoms with Crippen LogP contribution in [0.1, 0.15) is 38.8 Å². The average Bonchev–Trinajstić information content (AvgIpc) is 2.95. The number of benzene rings is 1. The lowest BCUT2D eigenvalue weighted by Gasteiger charge is -2.20. The highest BCUT2D eigenvalue weighted by atomic mass is 127. The Morgan fingerprint density at radius 3 is 2.62 bits per heavy atom. The van der Waals surface area contributed by atoms with E-state index in [0.717, 1.165) is 38.6 Å². The van der Waals surface area contributed by atoms with Crippen molar-refractivity contribution in [3.05, 3.63) is 35.5 Å². The molecule has 1 heterocycles. The lowest BCUT2D eigenvalue weighted by atomic mass is 10.1. The number of hydrogen-bond donors (Lipinski definition) is 4. The number of halogens is 1. The van der Waals surface area contributed by atoms with E-state index in [4.69, 9.17) is 0 Å². The molecule has 0 saturated heterocycles. The zero-order valence-corrected chi connectivity index (χ0v) is 19.0. The third-order valence-corrected chi connectivity index (χ3v) is 4.06. The minimum absolute atomic E-state index is 0. The van der Waals surface area contributed by atoms with Gasteiger partial charge >= 0.3 is 0 Å². The molecule has 0 spiro atoms. The van der Waals surface area contributed by atoms with Crippen molar-refractivity contribution in [2.75, 3.05) is 26.2 Å². The summed E-state index contributed by atoms with van der Waals surface area (Å²) in [4.78, 5) is 8.01. The lowest BCUT2D eigenvalue weighted by Crippen LogP contribution is -2.40. The Hall–Kier alpha value is -1.28. The second-order valence-electron chi connectivity index (χ2n) is 7.43. The van der Waals surface area contributed by atoms with Crippen LogP contribution in [0.15, 0.2) is 29.4 Å². The normalized spacial score (nSPS) is 12.1. The van der Waals surface area contributed by atoms with Crippen molar-refractivity contribution in [1.29, 1.82) is 0 Å². The summed E-state index contributed by atoms with van der Waals surface area (Å²) in [5, 5.41) is 11.6. The molecule has 0 radical (unpaired) electrons. The zero-order valence-electron chi connectivity index (χ0n) is 16.7. The Morgan fingerprint density at radius 1 is 1.15 bits per heavy atom. The topological polar surface area (TPSA) is 64.2 Å². The van der Waals surface area contributed by atoms with Crippen molar-refractivity contribution >= 4 is 40.8 Å². The van der Waals surface area contributed by atoms with Gasteiger partial charge in [-0.05, 0) is 58.2 Å². The van der Waals surface area contributed by atoms with Crippen LogP contribution in [-0.4, -0.2) is 42.7 Å². The molecular weight excluding hydrogens is 437 g/mol. The molecule has 0 aliphatic carbocycles. The van der Waals surface area contributed by atoms with Gasteiger partial charge in [-0.1, -0.05) is 12.1 Å². The van der Waals surface area contributed by atoms with Gasteiger partial charge in [0, 0.05) is 42.3 Å². The van der Waals surface area contributed by atoms with Crippen LogP contribution in [0.25, 0.3) is 10.9 Å². The van der Waals surface area contributed by atoms with Gasteiger partial charge < -0.3 is 20.9 Å². The SMILES string of the molecule is CCNC(=NCCNC(C)(C)C)NCCc1c[nH]c2cccc(C)c12.I. The quantitative estimate of drug-likeness (QED) is 0.216. The van der Waals surface area contributed by atoms with E-state index < -0.39 is 0 Å². The fourth-order valence-corrected chi connectivity index (χ4v) is 2.90. The van der Waals surface area contributed by atoms with Crippen molar-refractivity contribution in [3.8, 4) is 0 Å². The third kappa shape index (κ3) is 7.15. The Bertz CT molecular complexity index is 700. The maximum Gasteiger partial charge on any atom is 0.191 e. The first-order valence-corrected chi connectivity index (χ1v) is 9.23. The molecule has 0 unspecified atom stereocenters. The monoisotopic (exact) mass is 471 g/mol. The van der Waals surface area contributed by atoms with Crippen molar-refractivity contribution in [3.63, 3.8) is 0 Å². The molecule has 2 rings (SSSR count). The smallest absolute Gasteiger partial charge is 0.191 e. The molecule has 1 aromatic carbocycles. The van der Waals surface area contributed by atoms with E-state index in [1.165, 1.54) is 22.0 Å². The van der Waals surface area contributed by atoms with E-state index >= 15 is 0 Å². The first kappa shape index (κ1) is 22.8. The van der Waals surface area contributed by atoms with Gasteiger partial charge in [-0.25, -0.2) is 0 Å². The Morgan fingerprint density at radius 2 is 1.92 bits per heavy atom. The summed E-state index contributed by atoms with van der Waals surface area (Å²) in [5.74, 6) is 0.884. The Labute approximate surface area is 174 Å². The number of aryl methyl sites for hydroxylation is 1. The molecule has 0 bridgehead atoms. The van der Waals surface area contributed by atoms with E-state index in [9.17, 15) is 0 Å². The van der Waals surface area contributed by atoms with Crippen LogP contribution >= 0.6 is 24.0 Å². The third-order valence-electron chi connectivity index (χ3n) is 4.06. The summed E-state index contributed by atoms with van der Waals surface area (Å²) in [5.41, 5.74) is 4.02. The van der Waals surface area contributed by atoms with Gasteiger partial charge in [0.25, 0.3) is 0 Å². The molecule has 0 fully saturated rings. The van der Waals surface area contributed by atoms with Gasteiger partial charge in [-0.2, -0.15) is 0 Å². The lowest BCUT2D eigenvalue weighted by molar-refractivity contribution is 0.432. The molecule has 6 heteroatoms. The molecule has 0 atom stereocenters. The molecule has 0 aliphatic heterocycles. The van der Waals surface area contributed by atoms with E-state index in [1.807, 2.05) is 0 Å². The van der Waals surface area contributed by atoms with Crippen LogP contribution in [0.3, 0.4) is 0 Å². The van der Waals surface area contributed by atoms with E-state index in [-0.39, 0.29) is 29.5 Å². The molecular formula is C20H34IN5. The van der Waals surface area contributed by atoms with Crippen molar-refractivity contribution in [1.82, 2.24) is 20.9 Å². The molecule has 2 aromatic rings. The second kappa shape index (κ2) is 10.8. The molecule has 0 saturated carbocycles. The van der Waals surface area contributed by atoms with Crippen molar-refractivity contribution in [2.45, 2.75) is 46.6 Å². The van der Waals surface area contributed by atoms with Gasteiger partial charge in [-0.3, -0.25) is 4.99 Å². The Balaban J connectivity index is 0.00000338. The summed E-state index contributed by atoms with van der Waals surface area (Å²) >= 11 is 0. The Kier molecular flexibility index (Phi) is 9.43. The van der Waals surface area contributed by atoms with Crippen LogP contribution < -0.4 is 16.0 Å². The average molecular weight is 471 g/mol. The number of fused-ring (bicyclic) bond motifs is 1. The largest absolute Gasteiger partial charge is 0.361 e. The summed E-state index contributed by atoms with van der Waals surface area (Å²) in [7, 11) is 0.